The molecule has 0 spiro atoms. The molecule has 0 radical (unpaired) electrons. The van der Waals surface area contributed by atoms with Gasteiger partial charge in [-0.15, -0.1) is 0 Å². The van der Waals surface area contributed by atoms with E-state index in [9.17, 15) is 0 Å². The summed E-state index contributed by atoms with van der Waals surface area (Å²) in [4.78, 5) is 0. The van der Waals surface area contributed by atoms with Gasteiger partial charge in [0.1, 0.15) is 0 Å². The van der Waals surface area contributed by atoms with E-state index in [1.165, 1.54) is 77.2 Å². The maximum atomic E-state index is 2.52. The molecular weight excluding hydrogens is 408 g/mol. The van der Waals surface area contributed by atoms with Crippen LogP contribution < -0.4 is 0 Å². The number of rotatable bonds is 0. The molecule has 0 aliphatic heterocycles. The first-order chi connectivity index (χ1) is 16.4. The molecule has 4 aromatic carbocycles. The van der Waals surface area contributed by atoms with E-state index in [1.807, 2.05) is 0 Å². The van der Waals surface area contributed by atoms with Gasteiger partial charge in [-0.1, -0.05) is 86.7 Å². The Kier molecular flexibility index (Phi) is 3.14. The average molecular weight is 435 g/mol. The number of hydrogen-bond acceptors (Lipinski definition) is 0. The van der Waals surface area contributed by atoms with Crippen LogP contribution >= 0.6 is 0 Å². The van der Waals surface area contributed by atoms with Gasteiger partial charge in [0.05, 0.1) is 0 Å². The van der Waals surface area contributed by atoms with Crippen LogP contribution in [0.1, 0.15) is 58.4 Å². The first kappa shape index (κ1) is 18.7. The van der Waals surface area contributed by atoms with Crippen molar-refractivity contribution in [2.24, 2.45) is 0 Å². The molecule has 8 rings (SSSR count). The smallest absolute Gasteiger partial charge is 0.0318 e. The highest BCUT2D eigenvalue weighted by Crippen LogP contribution is 2.64. The fourth-order valence-corrected chi connectivity index (χ4v) is 7.83. The predicted octanol–water partition coefficient (Wildman–Crippen LogP) is 8.67. The Morgan fingerprint density at radius 1 is 0.529 bits per heavy atom. The Hall–Kier alpha value is -3.64. The largest absolute Gasteiger partial charge is 0.0610 e. The summed E-state index contributed by atoms with van der Waals surface area (Å²) in [6.07, 6.45) is 14.4. The molecule has 4 aliphatic carbocycles. The molecule has 0 aromatic heterocycles. The molecule has 0 amide bonds. The molecule has 4 aliphatic rings. The summed E-state index contributed by atoms with van der Waals surface area (Å²) in [6, 6.07) is 18.4. The molecule has 0 fully saturated rings. The van der Waals surface area contributed by atoms with Crippen molar-refractivity contribution < 1.29 is 0 Å². The number of fused-ring (bicyclic) bond motifs is 2. The van der Waals surface area contributed by atoms with E-state index in [0.29, 0.717) is 0 Å². The molecule has 162 valence electrons. The van der Waals surface area contributed by atoms with Crippen LogP contribution in [0, 0.1) is 13.8 Å². The zero-order chi connectivity index (χ0) is 23.0. The van der Waals surface area contributed by atoms with Crippen molar-refractivity contribution in [1.82, 2.24) is 0 Å². The summed E-state index contributed by atoms with van der Waals surface area (Å²) in [6.45, 7) is 9.74. The van der Waals surface area contributed by atoms with Gasteiger partial charge in [0, 0.05) is 10.8 Å². The van der Waals surface area contributed by atoms with Gasteiger partial charge in [-0.05, 0) is 103 Å². The molecule has 0 N–H and O–H groups in total. The monoisotopic (exact) mass is 434 g/mol. The summed E-state index contributed by atoms with van der Waals surface area (Å²) in [7, 11) is 0. The van der Waals surface area contributed by atoms with E-state index in [0.717, 1.165) is 0 Å². The Morgan fingerprint density at radius 3 is 1.41 bits per heavy atom. The third kappa shape index (κ3) is 1.84. The van der Waals surface area contributed by atoms with Crippen molar-refractivity contribution in [1.29, 1.82) is 0 Å². The maximum Gasteiger partial charge on any atom is 0.0318 e. The number of allylic oxidation sites excluding steroid dienone is 4. The molecule has 4 aromatic rings. The molecule has 0 unspecified atom stereocenters. The van der Waals surface area contributed by atoms with Crippen molar-refractivity contribution in [2.75, 3.05) is 0 Å². The Labute approximate surface area is 200 Å². The Morgan fingerprint density at radius 2 is 0.971 bits per heavy atom. The van der Waals surface area contributed by atoms with Gasteiger partial charge in [-0.2, -0.15) is 0 Å². The topological polar surface area (TPSA) is 0 Å². The Bertz CT molecular complexity index is 1650. The van der Waals surface area contributed by atoms with Gasteiger partial charge in [0.25, 0.3) is 0 Å². The molecule has 0 heteroatoms. The number of benzene rings is 4. The molecule has 0 saturated carbocycles. The minimum Gasteiger partial charge on any atom is -0.0610 e. The lowest BCUT2D eigenvalue weighted by Crippen LogP contribution is -2.51. The average Bonchev–Trinajstić information content (AvgIpc) is 2.82. The van der Waals surface area contributed by atoms with Crippen molar-refractivity contribution in [3.05, 3.63) is 116 Å². The fraction of sp³-hybridized carbons (Fsp3) is 0.176. The van der Waals surface area contributed by atoms with Crippen LogP contribution in [0.2, 0.25) is 0 Å². The lowest BCUT2D eigenvalue weighted by molar-refractivity contribution is 0.354. The van der Waals surface area contributed by atoms with Crippen molar-refractivity contribution >= 4 is 45.8 Å². The van der Waals surface area contributed by atoms with Gasteiger partial charge in [0.15, 0.2) is 0 Å². The second-order valence-corrected chi connectivity index (χ2v) is 10.9. The van der Waals surface area contributed by atoms with E-state index in [1.54, 1.807) is 0 Å². The van der Waals surface area contributed by atoms with Crippen LogP contribution in [0.3, 0.4) is 0 Å². The van der Waals surface area contributed by atoms with E-state index < -0.39 is 0 Å². The molecule has 4 bridgehead atoms. The second kappa shape index (κ2) is 5.70. The number of hydrogen-bond donors (Lipinski definition) is 0. The standard InChI is InChI=1S/C34H26/c1-19-21-11-12-22-16-24-8-6-10-26-18-28-14-13-27-17-25-9-5-7-23(15-21)29(25)31(19)33(27,3)34(28,4)32(20(22)2)30(24)26/h5-18H,1-4H3/t33-,34-/m1/s1. The third-order valence-corrected chi connectivity index (χ3v) is 9.66. The summed E-state index contributed by atoms with van der Waals surface area (Å²) in [5.74, 6) is 0. The van der Waals surface area contributed by atoms with E-state index >= 15 is 0 Å². The molecule has 0 saturated heterocycles. The lowest BCUT2D eigenvalue weighted by atomic mass is 9.46. The van der Waals surface area contributed by atoms with Gasteiger partial charge in [0.2, 0.25) is 0 Å². The summed E-state index contributed by atoms with van der Waals surface area (Å²) < 4.78 is 0. The quantitative estimate of drug-likeness (QED) is 0.260. The van der Waals surface area contributed by atoms with Crippen molar-refractivity contribution in [3.63, 3.8) is 0 Å². The second-order valence-electron chi connectivity index (χ2n) is 10.9. The molecule has 2 atom stereocenters. The van der Waals surface area contributed by atoms with Crippen LogP contribution in [0.5, 0.6) is 0 Å². The van der Waals surface area contributed by atoms with Gasteiger partial charge >= 0.3 is 0 Å². The van der Waals surface area contributed by atoms with Gasteiger partial charge in [-0.25, -0.2) is 0 Å². The Balaban J connectivity index is 1.71. The van der Waals surface area contributed by atoms with Crippen LogP contribution in [0.4, 0.5) is 0 Å². The normalized spacial score (nSPS) is 24.8. The first-order valence-electron chi connectivity index (χ1n) is 12.4. The predicted molar refractivity (Wildman–Crippen MR) is 146 cm³/mol. The van der Waals surface area contributed by atoms with Gasteiger partial charge in [-0.3, -0.25) is 0 Å². The van der Waals surface area contributed by atoms with Gasteiger partial charge < -0.3 is 0 Å². The van der Waals surface area contributed by atoms with E-state index in [-0.39, 0.29) is 10.8 Å². The maximum absolute atomic E-state index is 2.52. The van der Waals surface area contributed by atoms with E-state index in [2.05, 4.69) is 113 Å². The summed E-state index contributed by atoms with van der Waals surface area (Å²) >= 11 is 0. The zero-order valence-electron chi connectivity index (χ0n) is 20.1. The highest BCUT2D eigenvalue weighted by atomic mass is 14.6. The SMILES string of the molecule is Cc1c2cc3cccc4c3c1[C@@]1(C)C(=C4)C=CC3=Cc4cccc5cc(c(C)c(c45)[C@@]31C)C=C2. The minimum absolute atomic E-state index is 0.171. The fourth-order valence-electron chi connectivity index (χ4n) is 7.83. The van der Waals surface area contributed by atoms with E-state index in [4.69, 9.17) is 0 Å². The minimum atomic E-state index is -0.171. The van der Waals surface area contributed by atoms with Crippen LogP contribution in [0.25, 0.3) is 45.8 Å². The highest BCUT2D eigenvalue weighted by molar-refractivity contribution is 6.05. The van der Waals surface area contributed by atoms with Crippen LogP contribution in [-0.4, -0.2) is 0 Å². The van der Waals surface area contributed by atoms with Crippen LogP contribution in [0.15, 0.2) is 71.8 Å². The molecular formula is C34H26. The molecule has 0 heterocycles. The summed E-state index contributed by atoms with van der Waals surface area (Å²) in [5.41, 5.74) is 13.7. The zero-order valence-corrected chi connectivity index (χ0v) is 20.1. The molecule has 0 nitrogen and oxygen atoms in total. The lowest BCUT2D eigenvalue weighted by Gasteiger charge is -2.56. The molecule has 34 heavy (non-hydrogen) atoms. The summed E-state index contributed by atoms with van der Waals surface area (Å²) in [5, 5.41) is 5.56. The van der Waals surface area contributed by atoms with Crippen LogP contribution in [-0.2, 0) is 10.8 Å². The first-order valence-corrected chi connectivity index (χ1v) is 12.4. The third-order valence-electron chi connectivity index (χ3n) is 9.66. The van der Waals surface area contributed by atoms with Crippen molar-refractivity contribution in [2.45, 2.75) is 38.5 Å². The van der Waals surface area contributed by atoms with Crippen molar-refractivity contribution in [3.8, 4) is 0 Å². The highest BCUT2D eigenvalue weighted by Gasteiger charge is 2.56.